The summed E-state index contributed by atoms with van der Waals surface area (Å²) in [7, 11) is 0. The third kappa shape index (κ3) is 2.31. The summed E-state index contributed by atoms with van der Waals surface area (Å²) in [5, 5.41) is 3.51. The molecule has 0 N–H and O–H groups in total. The normalized spacial score (nSPS) is 11.7. The van der Waals surface area contributed by atoms with Gasteiger partial charge in [0.15, 0.2) is 0 Å². The van der Waals surface area contributed by atoms with Gasteiger partial charge in [-0.25, -0.2) is 0 Å². The van der Waals surface area contributed by atoms with Gasteiger partial charge in [-0.3, -0.25) is 4.98 Å². The van der Waals surface area contributed by atoms with Gasteiger partial charge in [-0.05, 0) is 48.1 Å². The molecule has 23 heavy (non-hydrogen) atoms. The molecule has 0 saturated heterocycles. The zero-order valence-corrected chi connectivity index (χ0v) is 13.6. The summed E-state index contributed by atoms with van der Waals surface area (Å²) in [6, 6.07) is 15.0. The van der Waals surface area contributed by atoms with Crippen molar-refractivity contribution < 1.29 is 4.42 Å². The Hall–Kier alpha value is -2.61. The quantitative estimate of drug-likeness (QED) is 0.448. The van der Waals surface area contributed by atoms with Gasteiger partial charge in [-0.2, -0.15) is 0 Å². The number of nitrogens with zero attached hydrogens (tertiary/aromatic N) is 1. The second kappa shape index (κ2) is 5.24. The van der Waals surface area contributed by atoms with E-state index < -0.39 is 0 Å². The van der Waals surface area contributed by atoms with Crippen LogP contribution in [0.25, 0.3) is 33.0 Å². The van der Waals surface area contributed by atoms with E-state index >= 15 is 0 Å². The fraction of sp³-hybridized carbons (Fsp3) is 0.190. The number of hydrogen-bond donors (Lipinski definition) is 0. The van der Waals surface area contributed by atoms with Crippen LogP contribution in [-0.2, 0) is 0 Å². The van der Waals surface area contributed by atoms with Crippen molar-refractivity contribution in [2.45, 2.75) is 26.7 Å². The minimum atomic E-state index is 0.463. The molecule has 0 aliphatic carbocycles. The molecule has 0 radical (unpaired) electrons. The highest BCUT2D eigenvalue weighted by molar-refractivity contribution is 6.02. The Labute approximate surface area is 135 Å². The van der Waals surface area contributed by atoms with Crippen LogP contribution >= 0.6 is 0 Å². The van der Waals surface area contributed by atoms with Gasteiger partial charge in [-0.1, -0.05) is 37.6 Å². The average Bonchev–Trinajstić information content (AvgIpc) is 3.01. The summed E-state index contributed by atoms with van der Waals surface area (Å²) in [6.07, 6.45) is 3.64. The van der Waals surface area contributed by atoms with Crippen molar-refractivity contribution in [3.63, 3.8) is 0 Å². The van der Waals surface area contributed by atoms with E-state index in [1.165, 1.54) is 16.5 Å². The second-order valence-electron chi connectivity index (χ2n) is 6.45. The number of pyridine rings is 1. The molecule has 0 aliphatic heterocycles. The van der Waals surface area contributed by atoms with Gasteiger partial charge < -0.3 is 4.42 Å². The average molecular weight is 301 g/mol. The van der Waals surface area contributed by atoms with Gasteiger partial charge in [0, 0.05) is 22.5 Å². The van der Waals surface area contributed by atoms with E-state index in [-0.39, 0.29) is 0 Å². The van der Waals surface area contributed by atoms with Crippen molar-refractivity contribution in [2.75, 3.05) is 0 Å². The SMILES string of the molecule is Cc1ccc2c(-c3cc(C(C)C)cc4ccoc34)nccc2c1. The smallest absolute Gasteiger partial charge is 0.143 e. The van der Waals surface area contributed by atoms with Crippen molar-refractivity contribution in [1.29, 1.82) is 0 Å². The number of rotatable bonds is 2. The third-order valence-corrected chi connectivity index (χ3v) is 4.42. The summed E-state index contributed by atoms with van der Waals surface area (Å²) in [4.78, 5) is 4.68. The van der Waals surface area contributed by atoms with E-state index in [9.17, 15) is 0 Å². The Morgan fingerprint density at radius 2 is 1.83 bits per heavy atom. The van der Waals surface area contributed by atoms with Gasteiger partial charge in [0.25, 0.3) is 0 Å². The largest absolute Gasteiger partial charge is 0.464 e. The fourth-order valence-electron chi connectivity index (χ4n) is 3.13. The summed E-state index contributed by atoms with van der Waals surface area (Å²) < 4.78 is 5.77. The molecule has 4 aromatic rings. The lowest BCUT2D eigenvalue weighted by Gasteiger charge is -2.11. The fourth-order valence-corrected chi connectivity index (χ4v) is 3.13. The zero-order chi connectivity index (χ0) is 16.0. The second-order valence-corrected chi connectivity index (χ2v) is 6.45. The number of aryl methyl sites for hydroxylation is 1. The van der Waals surface area contributed by atoms with Crippen molar-refractivity contribution in [2.24, 2.45) is 0 Å². The van der Waals surface area contributed by atoms with Gasteiger partial charge in [-0.15, -0.1) is 0 Å². The predicted molar refractivity (Wildman–Crippen MR) is 95.8 cm³/mol. The van der Waals surface area contributed by atoms with Crippen LogP contribution in [0.5, 0.6) is 0 Å². The van der Waals surface area contributed by atoms with Crippen LogP contribution in [0.3, 0.4) is 0 Å². The maximum atomic E-state index is 5.77. The maximum Gasteiger partial charge on any atom is 0.143 e. The lowest BCUT2D eigenvalue weighted by molar-refractivity contribution is 0.616. The van der Waals surface area contributed by atoms with Gasteiger partial charge >= 0.3 is 0 Å². The molecule has 2 aromatic carbocycles. The molecule has 0 spiro atoms. The minimum Gasteiger partial charge on any atom is -0.464 e. The maximum absolute atomic E-state index is 5.77. The molecule has 0 aliphatic rings. The van der Waals surface area contributed by atoms with E-state index in [4.69, 9.17) is 4.42 Å². The number of hydrogen-bond acceptors (Lipinski definition) is 2. The highest BCUT2D eigenvalue weighted by Gasteiger charge is 2.14. The molecule has 0 fully saturated rings. The Bertz CT molecular complexity index is 1010. The Kier molecular flexibility index (Phi) is 3.19. The van der Waals surface area contributed by atoms with Crippen LogP contribution in [0, 0.1) is 6.92 Å². The molecule has 0 atom stereocenters. The first-order valence-corrected chi connectivity index (χ1v) is 8.00. The van der Waals surface area contributed by atoms with E-state index in [0.29, 0.717) is 5.92 Å². The number of aromatic nitrogens is 1. The first kappa shape index (κ1) is 14.0. The Balaban J connectivity index is 2.08. The predicted octanol–water partition coefficient (Wildman–Crippen LogP) is 6.08. The highest BCUT2D eigenvalue weighted by Crippen LogP contribution is 2.35. The minimum absolute atomic E-state index is 0.463. The van der Waals surface area contributed by atoms with E-state index in [2.05, 4.69) is 62.2 Å². The Morgan fingerprint density at radius 3 is 2.65 bits per heavy atom. The van der Waals surface area contributed by atoms with Crippen LogP contribution < -0.4 is 0 Å². The van der Waals surface area contributed by atoms with Gasteiger partial charge in [0.2, 0.25) is 0 Å². The molecule has 0 saturated carbocycles. The molecule has 0 bridgehead atoms. The van der Waals surface area contributed by atoms with Crippen LogP contribution in [-0.4, -0.2) is 4.98 Å². The topological polar surface area (TPSA) is 26.0 Å². The van der Waals surface area contributed by atoms with Crippen LogP contribution in [0.15, 0.2) is 59.3 Å². The summed E-state index contributed by atoms with van der Waals surface area (Å²) >= 11 is 0. The van der Waals surface area contributed by atoms with E-state index in [0.717, 1.165) is 27.6 Å². The standard InChI is InChI=1S/C21H19NO/c1-13(2)17-11-16-7-9-23-21(16)19(12-17)20-18-5-4-14(3)10-15(18)6-8-22-20/h4-13H,1-3H3. The van der Waals surface area contributed by atoms with Crippen molar-refractivity contribution >= 4 is 21.7 Å². The van der Waals surface area contributed by atoms with Crippen molar-refractivity contribution in [3.8, 4) is 11.3 Å². The van der Waals surface area contributed by atoms with Crippen LogP contribution in [0.4, 0.5) is 0 Å². The molecule has 114 valence electrons. The molecular formula is C21H19NO. The monoisotopic (exact) mass is 301 g/mol. The van der Waals surface area contributed by atoms with E-state index in [1.54, 1.807) is 6.26 Å². The first-order valence-electron chi connectivity index (χ1n) is 8.00. The lowest BCUT2D eigenvalue weighted by Crippen LogP contribution is -1.92. The zero-order valence-electron chi connectivity index (χ0n) is 13.6. The molecule has 2 heteroatoms. The molecule has 2 aromatic heterocycles. The number of benzene rings is 2. The summed E-state index contributed by atoms with van der Waals surface area (Å²) in [5.74, 6) is 0.463. The van der Waals surface area contributed by atoms with Crippen LogP contribution in [0.1, 0.15) is 30.9 Å². The molecular weight excluding hydrogens is 282 g/mol. The lowest BCUT2D eigenvalue weighted by atomic mass is 9.95. The molecule has 0 unspecified atom stereocenters. The van der Waals surface area contributed by atoms with Crippen molar-refractivity contribution in [3.05, 3.63) is 66.1 Å². The third-order valence-electron chi connectivity index (χ3n) is 4.42. The molecule has 0 amide bonds. The van der Waals surface area contributed by atoms with E-state index in [1.807, 2.05) is 12.3 Å². The summed E-state index contributed by atoms with van der Waals surface area (Å²) in [6.45, 7) is 6.54. The molecule has 4 rings (SSSR count). The van der Waals surface area contributed by atoms with Gasteiger partial charge in [0.1, 0.15) is 5.58 Å². The molecule has 2 heterocycles. The molecule has 2 nitrogen and oxygen atoms in total. The number of furan rings is 1. The highest BCUT2D eigenvalue weighted by atomic mass is 16.3. The summed E-state index contributed by atoms with van der Waals surface area (Å²) in [5.41, 5.74) is 5.54. The Morgan fingerprint density at radius 1 is 0.957 bits per heavy atom. The van der Waals surface area contributed by atoms with Crippen molar-refractivity contribution in [1.82, 2.24) is 4.98 Å². The van der Waals surface area contributed by atoms with Crippen LogP contribution in [0.2, 0.25) is 0 Å². The van der Waals surface area contributed by atoms with Gasteiger partial charge in [0.05, 0.1) is 12.0 Å². The number of fused-ring (bicyclic) bond motifs is 2. The first-order chi connectivity index (χ1) is 11.1.